The Hall–Kier alpha value is -2.10. The zero-order valence-corrected chi connectivity index (χ0v) is 15.0. The van der Waals surface area contributed by atoms with Gasteiger partial charge in [0.2, 0.25) is 0 Å². The SMILES string of the molecule is Cl.O=C(O)CC1CCN1CCC=C(c1ccccc1)c1ccccc1. The van der Waals surface area contributed by atoms with Crippen molar-refractivity contribution >= 4 is 23.9 Å². The van der Waals surface area contributed by atoms with Crippen LogP contribution in [-0.4, -0.2) is 35.1 Å². The monoisotopic (exact) mass is 357 g/mol. The van der Waals surface area contributed by atoms with E-state index in [9.17, 15) is 4.79 Å². The van der Waals surface area contributed by atoms with E-state index in [1.165, 1.54) is 16.7 Å². The second-order valence-corrected chi connectivity index (χ2v) is 6.21. The molecule has 1 atom stereocenters. The highest BCUT2D eigenvalue weighted by atomic mass is 35.5. The molecule has 1 N–H and O–H groups in total. The summed E-state index contributed by atoms with van der Waals surface area (Å²) in [5.74, 6) is -0.700. The van der Waals surface area contributed by atoms with E-state index in [0.29, 0.717) is 0 Å². The zero-order valence-electron chi connectivity index (χ0n) is 14.2. The van der Waals surface area contributed by atoms with Crippen LogP contribution in [0.3, 0.4) is 0 Å². The molecule has 1 aliphatic rings. The number of carboxylic acid groups (broad SMARTS) is 1. The van der Waals surface area contributed by atoms with Gasteiger partial charge >= 0.3 is 5.97 Å². The first kappa shape index (κ1) is 19.2. The predicted molar refractivity (Wildman–Crippen MR) is 104 cm³/mol. The number of hydrogen-bond acceptors (Lipinski definition) is 2. The molecule has 0 aromatic heterocycles. The van der Waals surface area contributed by atoms with Crippen LogP contribution in [0.5, 0.6) is 0 Å². The summed E-state index contributed by atoms with van der Waals surface area (Å²) in [6, 6.07) is 21.1. The normalized spacial score (nSPS) is 16.4. The first-order chi connectivity index (χ1) is 11.7. The van der Waals surface area contributed by atoms with Crippen molar-refractivity contribution in [1.29, 1.82) is 0 Å². The second kappa shape index (κ2) is 9.40. The van der Waals surface area contributed by atoms with Crippen LogP contribution in [0, 0.1) is 0 Å². The van der Waals surface area contributed by atoms with Crippen LogP contribution >= 0.6 is 12.4 Å². The molecule has 4 heteroatoms. The van der Waals surface area contributed by atoms with Gasteiger partial charge in [-0.1, -0.05) is 66.7 Å². The van der Waals surface area contributed by atoms with Gasteiger partial charge in [-0.25, -0.2) is 0 Å². The largest absolute Gasteiger partial charge is 0.481 e. The first-order valence-electron chi connectivity index (χ1n) is 8.51. The number of carboxylic acids is 1. The molecule has 1 saturated heterocycles. The Morgan fingerprint density at radius 1 is 1.04 bits per heavy atom. The first-order valence-corrected chi connectivity index (χ1v) is 8.51. The minimum Gasteiger partial charge on any atom is -0.481 e. The standard InChI is InChI=1S/C21H23NO2.ClH/c23-21(24)16-19-13-15-22(19)14-7-12-20(17-8-3-1-4-9-17)18-10-5-2-6-11-18;/h1-6,8-12,19H,7,13-16H2,(H,23,24);1H. The van der Waals surface area contributed by atoms with E-state index in [4.69, 9.17) is 5.11 Å². The third kappa shape index (κ3) is 5.18. The molecule has 0 spiro atoms. The summed E-state index contributed by atoms with van der Waals surface area (Å²) in [5, 5.41) is 8.94. The number of rotatable bonds is 7. The summed E-state index contributed by atoms with van der Waals surface area (Å²) >= 11 is 0. The van der Waals surface area contributed by atoms with Gasteiger partial charge in [-0.05, 0) is 36.1 Å². The Morgan fingerprint density at radius 2 is 1.60 bits per heavy atom. The molecule has 1 aliphatic heterocycles. The van der Waals surface area contributed by atoms with Crippen molar-refractivity contribution in [1.82, 2.24) is 4.90 Å². The summed E-state index contributed by atoms with van der Waals surface area (Å²) in [4.78, 5) is 13.1. The van der Waals surface area contributed by atoms with Gasteiger partial charge in [0.25, 0.3) is 0 Å². The van der Waals surface area contributed by atoms with E-state index < -0.39 is 5.97 Å². The van der Waals surface area contributed by atoms with Crippen molar-refractivity contribution in [3.05, 3.63) is 77.9 Å². The molecule has 1 unspecified atom stereocenters. The maximum absolute atomic E-state index is 10.9. The predicted octanol–water partition coefficient (Wildman–Crippen LogP) is 4.48. The van der Waals surface area contributed by atoms with Crippen molar-refractivity contribution in [3.63, 3.8) is 0 Å². The maximum Gasteiger partial charge on any atom is 0.304 e. The Balaban J connectivity index is 0.00000225. The van der Waals surface area contributed by atoms with Crippen LogP contribution in [0.1, 0.15) is 30.4 Å². The average Bonchev–Trinajstić information content (AvgIpc) is 2.60. The Morgan fingerprint density at radius 3 is 2.04 bits per heavy atom. The van der Waals surface area contributed by atoms with Crippen molar-refractivity contribution in [3.8, 4) is 0 Å². The number of carbonyl (C=O) groups is 1. The molecule has 0 bridgehead atoms. The molecule has 0 aliphatic carbocycles. The summed E-state index contributed by atoms with van der Waals surface area (Å²) < 4.78 is 0. The van der Waals surface area contributed by atoms with Gasteiger partial charge in [0.05, 0.1) is 6.42 Å². The maximum atomic E-state index is 10.9. The molecule has 2 aromatic rings. The third-order valence-corrected chi connectivity index (χ3v) is 4.61. The lowest BCUT2D eigenvalue weighted by Gasteiger charge is -2.40. The molecular weight excluding hydrogens is 334 g/mol. The summed E-state index contributed by atoms with van der Waals surface area (Å²) in [5.41, 5.74) is 3.68. The minimum atomic E-state index is -0.700. The molecule has 3 rings (SSSR count). The molecule has 3 nitrogen and oxygen atoms in total. The van der Waals surface area contributed by atoms with Gasteiger partial charge in [0.1, 0.15) is 0 Å². The van der Waals surface area contributed by atoms with Crippen molar-refractivity contribution < 1.29 is 9.90 Å². The number of nitrogens with zero attached hydrogens (tertiary/aromatic N) is 1. The minimum absolute atomic E-state index is 0. The fraction of sp³-hybridized carbons (Fsp3) is 0.286. The van der Waals surface area contributed by atoms with Crippen LogP contribution in [0.25, 0.3) is 5.57 Å². The second-order valence-electron chi connectivity index (χ2n) is 6.21. The smallest absolute Gasteiger partial charge is 0.304 e. The molecule has 0 amide bonds. The van der Waals surface area contributed by atoms with E-state index in [1.807, 2.05) is 12.1 Å². The van der Waals surface area contributed by atoms with Crippen molar-refractivity contribution in [2.24, 2.45) is 0 Å². The number of aliphatic carboxylic acids is 1. The van der Waals surface area contributed by atoms with Crippen molar-refractivity contribution in [2.75, 3.05) is 13.1 Å². The van der Waals surface area contributed by atoms with Crippen LogP contribution < -0.4 is 0 Å². The molecular formula is C21H24ClNO2. The highest BCUT2D eigenvalue weighted by Gasteiger charge is 2.28. The zero-order chi connectivity index (χ0) is 16.8. The average molecular weight is 358 g/mol. The summed E-state index contributed by atoms with van der Waals surface area (Å²) in [6.45, 7) is 1.93. The van der Waals surface area contributed by atoms with E-state index in [2.05, 4.69) is 59.5 Å². The van der Waals surface area contributed by atoms with Crippen LogP contribution in [0.2, 0.25) is 0 Å². The highest BCUT2D eigenvalue weighted by molar-refractivity contribution is 5.85. The molecule has 1 heterocycles. The molecule has 0 saturated carbocycles. The van der Waals surface area contributed by atoms with Gasteiger partial charge in [0, 0.05) is 12.6 Å². The highest BCUT2D eigenvalue weighted by Crippen LogP contribution is 2.25. The third-order valence-electron chi connectivity index (χ3n) is 4.61. The van der Waals surface area contributed by atoms with Crippen molar-refractivity contribution in [2.45, 2.75) is 25.3 Å². The lowest BCUT2D eigenvalue weighted by atomic mass is 9.96. The van der Waals surface area contributed by atoms with Crippen LogP contribution in [0.4, 0.5) is 0 Å². The van der Waals surface area contributed by atoms with Crippen LogP contribution in [0.15, 0.2) is 66.7 Å². The lowest BCUT2D eigenvalue weighted by molar-refractivity contribution is -0.139. The van der Waals surface area contributed by atoms with E-state index in [0.717, 1.165) is 25.9 Å². The Labute approximate surface area is 155 Å². The fourth-order valence-electron chi connectivity index (χ4n) is 3.23. The number of likely N-dealkylation sites (tertiary alicyclic amines) is 1. The number of hydrogen-bond donors (Lipinski definition) is 1. The molecule has 2 aromatic carbocycles. The van der Waals surface area contributed by atoms with Gasteiger partial charge in [-0.2, -0.15) is 0 Å². The summed E-state index contributed by atoms with van der Waals surface area (Å²) in [6.07, 6.45) is 4.46. The van der Waals surface area contributed by atoms with Gasteiger partial charge < -0.3 is 5.11 Å². The topological polar surface area (TPSA) is 40.5 Å². The lowest BCUT2D eigenvalue weighted by Crippen LogP contribution is -2.48. The Bertz CT molecular complexity index is 659. The van der Waals surface area contributed by atoms with Crippen LogP contribution in [-0.2, 0) is 4.79 Å². The molecule has 1 fully saturated rings. The molecule has 25 heavy (non-hydrogen) atoms. The van der Waals surface area contributed by atoms with E-state index in [1.54, 1.807) is 0 Å². The van der Waals surface area contributed by atoms with E-state index >= 15 is 0 Å². The quantitative estimate of drug-likeness (QED) is 0.794. The van der Waals surface area contributed by atoms with Gasteiger partial charge in [-0.3, -0.25) is 9.69 Å². The van der Waals surface area contributed by atoms with Gasteiger partial charge in [0.15, 0.2) is 0 Å². The number of benzene rings is 2. The molecule has 0 radical (unpaired) electrons. The summed E-state index contributed by atoms with van der Waals surface area (Å²) in [7, 11) is 0. The Kier molecular flexibility index (Phi) is 7.23. The number of halogens is 1. The molecule has 132 valence electrons. The van der Waals surface area contributed by atoms with E-state index in [-0.39, 0.29) is 24.9 Å². The van der Waals surface area contributed by atoms with Gasteiger partial charge in [-0.15, -0.1) is 12.4 Å². The fourth-order valence-corrected chi connectivity index (χ4v) is 3.23.